The monoisotopic (exact) mass is 314 g/mol. The van der Waals surface area contributed by atoms with E-state index in [1.165, 1.54) is 0 Å². The number of aromatic nitrogens is 2. The third-order valence-corrected chi connectivity index (χ3v) is 3.45. The van der Waals surface area contributed by atoms with Gasteiger partial charge in [0.05, 0.1) is 12.1 Å². The number of ketones is 1. The Hall–Kier alpha value is -1.94. The number of carbonyl (C=O) groups is 1. The van der Waals surface area contributed by atoms with Crippen molar-refractivity contribution in [3.63, 3.8) is 0 Å². The maximum absolute atomic E-state index is 12.2. The highest BCUT2D eigenvalue weighted by Gasteiger charge is 2.11. The van der Waals surface area contributed by atoms with Gasteiger partial charge in [0, 0.05) is 27.3 Å². The van der Waals surface area contributed by atoms with E-state index in [2.05, 4.69) is 25.9 Å². The van der Waals surface area contributed by atoms with Crippen LogP contribution in [-0.2, 0) is 6.42 Å². The second-order valence-electron chi connectivity index (χ2n) is 4.34. The van der Waals surface area contributed by atoms with Gasteiger partial charge in [0.25, 0.3) is 0 Å². The number of hydrogen-bond acceptors (Lipinski definition) is 2. The summed E-state index contributed by atoms with van der Waals surface area (Å²) in [6.45, 7) is 0. The Kier molecular flexibility index (Phi) is 3.17. The number of Topliss-reactive ketones (excluding diaryl/α,β-unsaturated/α-hetero) is 1. The van der Waals surface area contributed by atoms with Crippen LogP contribution in [-0.4, -0.2) is 15.8 Å². The molecule has 3 rings (SSSR count). The van der Waals surface area contributed by atoms with Crippen molar-refractivity contribution in [2.24, 2.45) is 0 Å². The van der Waals surface area contributed by atoms with E-state index in [9.17, 15) is 4.79 Å². The van der Waals surface area contributed by atoms with Crippen LogP contribution in [0.15, 0.2) is 53.1 Å². The van der Waals surface area contributed by atoms with Gasteiger partial charge >= 0.3 is 0 Å². The molecule has 0 amide bonds. The third-order valence-electron chi connectivity index (χ3n) is 2.95. The largest absolute Gasteiger partial charge is 0.352 e. The normalized spacial score (nSPS) is 10.8. The number of hydrogen-bond donors (Lipinski definition) is 1. The second kappa shape index (κ2) is 4.97. The maximum atomic E-state index is 12.2. The van der Waals surface area contributed by atoms with E-state index in [4.69, 9.17) is 0 Å². The van der Waals surface area contributed by atoms with Crippen LogP contribution in [0.3, 0.4) is 0 Å². The number of benzene rings is 1. The van der Waals surface area contributed by atoms with Gasteiger partial charge in [-0.1, -0.05) is 28.1 Å². The number of halogens is 1. The van der Waals surface area contributed by atoms with Crippen molar-refractivity contribution in [1.29, 1.82) is 0 Å². The zero-order valence-corrected chi connectivity index (χ0v) is 11.6. The highest BCUT2D eigenvalue weighted by molar-refractivity contribution is 9.10. The predicted molar refractivity (Wildman–Crippen MR) is 78.3 cm³/mol. The molecule has 4 heteroatoms. The van der Waals surface area contributed by atoms with E-state index in [0.717, 1.165) is 21.1 Å². The molecule has 0 saturated carbocycles. The molecule has 0 fully saturated rings. The molecule has 0 aliphatic carbocycles. The lowest BCUT2D eigenvalue weighted by molar-refractivity contribution is 0.0988. The van der Waals surface area contributed by atoms with E-state index < -0.39 is 0 Å². The molecule has 0 atom stereocenters. The number of nitrogens with one attached hydrogen (secondary N) is 1. The lowest BCUT2D eigenvalue weighted by atomic mass is 10.1. The van der Waals surface area contributed by atoms with Crippen molar-refractivity contribution in [2.75, 3.05) is 0 Å². The average molecular weight is 315 g/mol. The standard InChI is InChI=1S/C15H11BrN2O/c16-11-5-4-10-7-14(18-13(10)8-11)15(19)9-12-3-1-2-6-17-12/h1-8,18H,9H2. The summed E-state index contributed by atoms with van der Waals surface area (Å²) in [6.07, 6.45) is 2.01. The van der Waals surface area contributed by atoms with Crippen molar-refractivity contribution < 1.29 is 4.79 Å². The summed E-state index contributed by atoms with van der Waals surface area (Å²) in [7, 11) is 0. The van der Waals surface area contributed by atoms with Crippen molar-refractivity contribution in [3.8, 4) is 0 Å². The van der Waals surface area contributed by atoms with Crippen LogP contribution in [0.4, 0.5) is 0 Å². The van der Waals surface area contributed by atoms with Crippen LogP contribution in [0.2, 0.25) is 0 Å². The first-order valence-corrected chi connectivity index (χ1v) is 6.73. The van der Waals surface area contributed by atoms with E-state index >= 15 is 0 Å². The van der Waals surface area contributed by atoms with Crippen LogP contribution in [0.5, 0.6) is 0 Å². The minimum atomic E-state index is 0.0472. The quantitative estimate of drug-likeness (QED) is 0.748. The Morgan fingerprint density at radius 2 is 2.11 bits per heavy atom. The van der Waals surface area contributed by atoms with E-state index in [1.54, 1.807) is 6.20 Å². The maximum Gasteiger partial charge on any atom is 0.184 e. The minimum absolute atomic E-state index is 0.0472. The molecular weight excluding hydrogens is 304 g/mol. The highest BCUT2D eigenvalue weighted by Crippen LogP contribution is 2.21. The lowest BCUT2D eigenvalue weighted by Gasteiger charge is -1.97. The molecular formula is C15H11BrN2O. The Balaban J connectivity index is 1.89. The SMILES string of the molecule is O=C(Cc1ccccn1)c1cc2ccc(Br)cc2[nH]1. The molecule has 0 aliphatic rings. The van der Waals surface area contributed by atoms with Crippen LogP contribution < -0.4 is 0 Å². The molecule has 1 N–H and O–H groups in total. The molecule has 0 saturated heterocycles. The molecule has 0 spiro atoms. The summed E-state index contributed by atoms with van der Waals surface area (Å²) in [5.74, 6) is 0.0472. The molecule has 0 bridgehead atoms. The first kappa shape index (κ1) is 12.1. The van der Waals surface area contributed by atoms with Crippen LogP contribution in [0.25, 0.3) is 10.9 Å². The molecule has 0 unspecified atom stereocenters. The smallest absolute Gasteiger partial charge is 0.184 e. The number of aromatic amines is 1. The molecule has 19 heavy (non-hydrogen) atoms. The molecule has 0 radical (unpaired) electrons. The molecule has 3 nitrogen and oxygen atoms in total. The molecule has 1 aromatic carbocycles. The first-order chi connectivity index (χ1) is 9.22. The second-order valence-corrected chi connectivity index (χ2v) is 5.25. The molecule has 94 valence electrons. The Morgan fingerprint density at radius 3 is 2.89 bits per heavy atom. The van der Waals surface area contributed by atoms with Gasteiger partial charge in [0.1, 0.15) is 0 Å². The number of carbonyl (C=O) groups excluding carboxylic acids is 1. The van der Waals surface area contributed by atoms with Crippen LogP contribution in [0, 0.1) is 0 Å². The van der Waals surface area contributed by atoms with Crippen LogP contribution in [0.1, 0.15) is 16.2 Å². The number of H-pyrrole nitrogens is 1. The van der Waals surface area contributed by atoms with Gasteiger partial charge in [0.15, 0.2) is 5.78 Å². The number of rotatable bonds is 3. The number of pyridine rings is 1. The van der Waals surface area contributed by atoms with Crippen LogP contribution >= 0.6 is 15.9 Å². The van der Waals surface area contributed by atoms with Gasteiger partial charge in [-0.15, -0.1) is 0 Å². The van der Waals surface area contributed by atoms with Gasteiger partial charge in [0.2, 0.25) is 0 Å². The summed E-state index contributed by atoms with van der Waals surface area (Å²) >= 11 is 3.42. The van der Waals surface area contributed by atoms with Gasteiger partial charge in [-0.05, 0) is 30.3 Å². The zero-order chi connectivity index (χ0) is 13.2. The lowest BCUT2D eigenvalue weighted by Crippen LogP contribution is -2.04. The van der Waals surface area contributed by atoms with Crippen molar-refractivity contribution in [3.05, 3.63) is 64.5 Å². The third kappa shape index (κ3) is 2.58. The van der Waals surface area contributed by atoms with Gasteiger partial charge < -0.3 is 4.98 Å². The number of fused-ring (bicyclic) bond motifs is 1. The average Bonchev–Trinajstić information content (AvgIpc) is 2.83. The summed E-state index contributed by atoms with van der Waals surface area (Å²) in [5, 5.41) is 1.03. The van der Waals surface area contributed by atoms with Crippen molar-refractivity contribution in [2.45, 2.75) is 6.42 Å². The van der Waals surface area contributed by atoms with Gasteiger partial charge in [-0.25, -0.2) is 0 Å². The summed E-state index contributed by atoms with van der Waals surface area (Å²) in [5.41, 5.74) is 2.37. The molecule has 2 aromatic heterocycles. The zero-order valence-electron chi connectivity index (χ0n) is 10.1. The Bertz CT molecular complexity index is 734. The molecule has 0 aliphatic heterocycles. The fraction of sp³-hybridized carbons (Fsp3) is 0.0667. The molecule has 3 aromatic rings. The summed E-state index contributed by atoms with van der Waals surface area (Å²) < 4.78 is 0.991. The van der Waals surface area contributed by atoms with E-state index in [1.807, 2.05) is 42.5 Å². The van der Waals surface area contributed by atoms with Gasteiger partial charge in [-0.3, -0.25) is 9.78 Å². The van der Waals surface area contributed by atoms with E-state index in [0.29, 0.717) is 12.1 Å². The Labute approximate surface area is 118 Å². The summed E-state index contributed by atoms with van der Waals surface area (Å²) in [4.78, 5) is 19.5. The predicted octanol–water partition coefficient (Wildman–Crippen LogP) is 3.75. The number of nitrogens with zero attached hydrogens (tertiary/aromatic N) is 1. The highest BCUT2D eigenvalue weighted by atomic mass is 79.9. The van der Waals surface area contributed by atoms with Crippen molar-refractivity contribution in [1.82, 2.24) is 9.97 Å². The van der Waals surface area contributed by atoms with Crippen molar-refractivity contribution >= 4 is 32.6 Å². The van der Waals surface area contributed by atoms with E-state index in [-0.39, 0.29) is 5.78 Å². The fourth-order valence-electron chi connectivity index (χ4n) is 2.01. The molecule has 2 heterocycles. The fourth-order valence-corrected chi connectivity index (χ4v) is 2.37. The summed E-state index contributed by atoms with van der Waals surface area (Å²) in [6, 6.07) is 13.4. The Morgan fingerprint density at radius 1 is 1.21 bits per heavy atom. The minimum Gasteiger partial charge on any atom is -0.352 e. The first-order valence-electron chi connectivity index (χ1n) is 5.94. The van der Waals surface area contributed by atoms with Gasteiger partial charge in [-0.2, -0.15) is 0 Å². The topological polar surface area (TPSA) is 45.8 Å².